The zero-order chi connectivity index (χ0) is 15.2. The normalized spacial score (nSPS) is 16.2. The summed E-state index contributed by atoms with van der Waals surface area (Å²) < 4.78 is 10.9. The number of amides is 1. The molecule has 4 nitrogen and oxygen atoms in total. The number of fused-ring (bicyclic) bond motifs is 1. The van der Waals surface area contributed by atoms with Crippen molar-refractivity contribution < 1.29 is 14.3 Å². The van der Waals surface area contributed by atoms with Crippen LogP contribution < -0.4 is 4.74 Å². The van der Waals surface area contributed by atoms with Crippen molar-refractivity contribution in [1.82, 2.24) is 4.90 Å². The summed E-state index contributed by atoms with van der Waals surface area (Å²) in [4.78, 5) is 14.0. The highest BCUT2D eigenvalue weighted by atomic mass is 35.5. The lowest BCUT2D eigenvalue weighted by Gasteiger charge is -2.27. The smallest absolute Gasteiger partial charge is 0.410 e. The van der Waals surface area contributed by atoms with Gasteiger partial charge in [0.15, 0.2) is 0 Å². The molecule has 116 valence electrons. The molecule has 0 radical (unpaired) electrons. The SMILES string of the molecule is CCCCCN(C(=O)OCC)C1COc2ccc(Cl)cc21. The molecule has 1 aromatic carbocycles. The van der Waals surface area contributed by atoms with Crippen LogP contribution in [0.2, 0.25) is 5.02 Å². The summed E-state index contributed by atoms with van der Waals surface area (Å²) in [6.07, 6.45) is 2.88. The van der Waals surface area contributed by atoms with Gasteiger partial charge in [-0.1, -0.05) is 31.4 Å². The van der Waals surface area contributed by atoms with Gasteiger partial charge in [-0.2, -0.15) is 0 Å². The highest BCUT2D eigenvalue weighted by Gasteiger charge is 2.33. The second kappa shape index (κ2) is 7.55. The van der Waals surface area contributed by atoms with Crippen LogP contribution in [0.25, 0.3) is 0 Å². The van der Waals surface area contributed by atoms with Gasteiger partial charge in [-0.15, -0.1) is 0 Å². The minimum atomic E-state index is -0.282. The predicted octanol–water partition coefficient (Wildman–Crippen LogP) is 4.42. The Morgan fingerprint density at radius 1 is 1.43 bits per heavy atom. The summed E-state index contributed by atoms with van der Waals surface area (Å²) in [6, 6.07) is 5.41. The summed E-state index contributed by atoms with van der Waals surface area (Å²) in [5.41, 5.74) is 0.965. The van der Waals surface area contributed by atoms with Gasteiger partial charge >= 0.3 is 6.09 Å². The summed E-state index contributed by atoms with van der Waals surface area (Å²) in [6.45, 7) is 5.47. The molecule has 1 aromatic rings. The molecule has 5 heteroatoms. The lowest BCUT2D eigenvalue weighted by Crippen LogP contribution is -2.37. The van der Waals surface area contributed by atoms with Gasteiger partial charge in [-0.3, -0.25) is 4.90 Å². The molecule has 1 atom stereocenters. The van der Waals surface area contributed by atoms with Crippen LogP contribution in [0.4, 0.5) is 4.79 Å². The van der Waals surface area contributed by atoms with Crippen molar-refractivity contribution in [2.75, 3.05) is 19.8 Å². The average Bonchev–Trinajstić information content (AvgIpc) is 2.86. The van der Waals surface area contributed by atoms with Crippen LogP contribution in [0.1, 0.15) is 44.7 Å². The van der Waals surface area contributed by atoms with Gasteiger partial charge in [-0.25, -0.2) is 4.79 Å². The second-order valence-corrected chi connectivity index (χ2v) is 5.54. The molecule has 0 bridgehead atoms. The molecule has 0 fully saturated rings. The van der Waals surface area contributed by atoms with Crippen LogP contribution >= 0.6 is 11.6 Å². The number of benzene rings is 1. The third-order valence-electron chi connectivity index (χ3n) is 3.61. The maximum atomic E-state index is 12.2. The number of hydrogen-bond donors (Lipinski definition) is 0. The van der Waals surface area contributed by atoms with E-state index in [4.69, 9.17) is 21.1 Å². The number of unbranched alkanes of at least 4 members (excludes halogenated alkanes) is 2. The van der Waals surface area contributed by atoms with Crippen LogP contribution in [-0.4, -0.2) is 30.8 Å². The van der Waals surface area contributed by atoms with Crippen molar-refractivity contribution in [2.45, 2.75) is 39.2 Å². The van der Waals surface area contributed by atoms with E-state index in [1.807, 2.05) is 19.1 Å². The van der Waals surface area contributed by atoms with Gasteiger partial charge in [0.1, 0.15) is 12.4 Å². The molecule has 0 N–H and O–H groups in total. The Morgan fingerprint density at radius 2 is 2.24 bits per heavy atom. The molecule has 1 heterocycles. The van der Waals surface area contributed by atoms with Crippen molar-refractivity contribution in [3.05, 3.63) is 28.8 Å². The first kappa shape index (κ1) is 16.0. The van der Waals surface area contributed by atoms with Crippen molar-refractivity contribution in [3.8, 4) is 5.75 Å². The van der Waals surface area contributed by atoms with Gasteiger partial charge in [0, 0.05) is 17.1 Å². The quantitative estimate of drug-likeness (QED) is 0.730. The number of carbonyl (C=O) groups is 1. The first-order valence-electron chi connectivity index (χ1n) is 7.53. The molecule has 0 saturated carbocycles. The summed E-state index contributed by atoms with van der Waals surface area (Å²) in [5.74, 6) is 0.800. The molecule has 1 amide bonds. The second-order valence-electron chi connectivity index (χ2n) is 5.11. The standard InChI is InChI=1S/C16H22ClNO3/c1-3-5-6-9-18(16(19)20-4-2)14-11-21-15-8-7-12(17)10-13(14)15/h7-8,10,14H,3-6,9,11H2,1-2H3. The first-order chi connectivity index (χ1) is 10.2. The maximum absolute atomic E-state index is 12.2. The van der Waals surface area contributed by atoms with Crippen LogP contribution in [0, 0.1) is 0 Å². The average molecular weight is 312 g/mol. The van der Waals surface area contributed by atoms with Crippen LogP contribution in [0.15, 0.2) is 18.2 Å². The molecular formula is C16H22ClNO3. The number of ether oxygens (including phenoxy) is 2. The van der Waals surface area contributed by atoms with E-state index in [1.54, 1.807) is 11.0 Å². The van der Waals surface area contributed by atoms with E-state index in [2.05, 4.69) is 6.92 Å². The predicted molar refractivity (Wildman–Crippen MR) is 82.9 cm³/mol. The van der Waals surface area contributed by atoms with Crippen molar-refractivity contribution in [1.29, 1.82) is 0 Å². The van der Waals surface area contributed by atoms with Crippen molar-refractivity contribution in [3.63, 3.8) is 0 Å². The molecule has 1 unspecified atom stereocenters. The van der Waals surface area contributed by atoms with E-state index < -0.39 is 0 Å². The van der Waals surface area contributed by atoms with Crippen LogP contribution in [0.5, 0.6) is 5.75 Å². The van der Waals surface area contributed by atoms with E-state index in [9.17, 15) is 4.79 Å². The molecule has 21 heavy (non-hydrogen) atoms. The molecule has 0 saturated heterocycles. The monoisotopic (exact) mass is 311 g/mol. The molecule has 1 aliphatic heterocycles. The summed E-state index contributed by atoms with van der Waals surface area (Å²) >= 11 is 6.07. The van der Waals surface area contributed by atoms with Gasteiger partial charge < -0.3 is 9.47 Å². The number of carbonyl (C=O) groups excluding carboxylic acids is 1. The topological polar surface area (TPSA) is 38.8 Å². The Kier molecular flexibility index (Phi) is 5.74. The maximum Gasteiger partial charge on any atom is 0.410 e. The lowest BCUT2D eigenvalue weighted by atomic mass is 10.1. The van der Waals surface area contributed by atoms with E-state index in [1.165, 1.54) is 0 Å². The highest BCUT2D eigenvalue weighted by molar-refractivity contribution is 6.30. The Bertz CT molecular complexity index is 492. The number of nitrogens with zero attached hydrogens (tertiary/aromatic N) is 1. The minimum absolute atomic E-state index is 0.116. The van der Waals surface area contributed by atoms with Gasteiger partial charge in [0.05, 0.1) is 12.6 Å². The third kappa shape index (κ3) is 3.82. The fraction of sp³-hybridized carbons (Fsp3) is 0.562. The Balaban J connectivity index is 2.17. The van der Waals surface area contributed by atoms with E-state index in [0.717, 1.165) is 30.6 Å². The number of halogens is 1. The fourth-order valence-electron chi connectivity index (χ4n) is 2.54. The highest BCUT2D eigenvalue weighted by Crippen LogP contribution is 2.38. The van der Waals surface area contributed by atoms with E-state index in [0.29, 0.717) is 24.8 Å². The first-order valence-corrected chi connectivity index (χ1v) is 7.90. The zero-order valence-electron chi connectivity index (χ0n) is 12.6. The number of rotatable bonds is 6. The van der Waals surface area contributed by atoms with Gasteiger partial charge in [0.25, 0.3) is 0 Å². The Hall–Kier alpha value is -1.42. The third-order valence-corrected chi connectivity index (χ3v) is 3.84. The summed E-state index contributed by atoms with van der Waals surface area (Å²) in [5, 5.41) is 0.654. The lowest BCUT2D eigenvalue weighted by molar-refractivity contribution is 0.0829. The Morgan fingerprint density at radius 3 is 2.95 bits per heavy atom. The Labute approximate surface area is 131 Å². The molecule has 0 aliphatic carbocycles. The number of hydrogen-bond acceptors (Lipinski definition) is 3. The van der Waals surface area contributed by atoms with Crippen molar-refractivity contribution in [2.24, 2.45) is 0 Å². The molecule has 0 aromatic heterocycles. The summed E-state index contributed by atoms with van der Waals surface area (Å²) in [7, 11) is 0. The van der Waals surface area contributed by atoms with Gasteiger partial charge in [0.2, 0.25) is 0 Å². The van der Waals surface area contributed by atoms with Crippen molar-refractivity contribution >= 4 is 17.7 Å². The zero-order valence-corrected chi connectivity index (χ0v) is 13.4. The van der Waals surface area contributed by atoms with E-state index >= 15 is 0 Å². The molecule has 1 aliphatic rings. The molecular weight excluding hydrogens is 290 g/mol. The van der Waals surface area contributed by atoms with E-state index in [-0.39, 0.29) is 12.1 Å². The molecule has 0 spiro atoms. The minimum Gasteiger partial charge on any atom is -0.491 e. The van der Waals surface area contributed by atoms with Crippen LogP contribution in [0.3, 0.4) is 0 Å². The molecule has 2 rings (SSSR count). The van der Waals surface area contributed by atoms with Gasteiger partial charge in [-0.05, 0) is 31.5 Å². The largest absolute Gasteiger partial charge is 0.491 e. The fourth-order valence-corrected chi connectivity index (χ4v) is 2.72. The van der Waals surface area contributed by atoms with Crippen LogP contribution in [-0.2, 0) is 4.74 Å².